The molecule has 1 rings (SSSR count). The van der Waals surface area contributed by atoms with Crippen molar-refractivity contribution < 1.29 is 13.2 Å². The predicted molar refractivity (Wildman–Crippen MR) is 48.9 cm³/mol. The Labute approximate surface area is 82.9 Å². The second-order valence-corrected chi connectivity index (χ2v) is 3.73. The Kier molecular flexibility index (Phi) is 3.01. The summed E-state index contributed by atoms with van der Waals surface area (Å²) in [6.45, 7) is 1.83. The number of hydrogen-bond donors (Lipinski definition) is 0. The molecule has 0 radical (unpaired) electrons. The molecule has 4 heteroatoms. The Morgan fingerprint density at radius 2 is 1.62 bits per heavy atom. The molecule has 0 heterocycles. The molecule has 1 unspecified atom stereocenters. The van der Waals surface area contributed by atoms with E-state index >= 15 is 0 Å². The van der Waals surface area contributed by atoms with Crippen molar-refractivity contribution in [3.05, 3.63) is 35.4 Å². The normalized spacial score (nSPS) is 14.2. The third kappa shape index (κ3) is 2.72. The van der Waals surface area contributed by atoms with E-state index in [9.17, 15) is 13.2 Å². The smallest absolute Gasteiger partial charge is 0.169 e. The molecule has 0 aromatic heterocycles. The van der Waals surface area contributed by atoms with Crippen molar-refractivity contribution in [1.82, 2.24) is 0 Å². The highest BCUT2D eigenvalue weighted by molar-refractivity contribution is 9.09. The van der Waals surface area contributed by atoms with Crippen LogP contribution >= 0.6 is 15.9 Å². The quantitative estimate of drug-likeness (QED) is 0.663. The van der Waals surface area contributed by atoms with Crippen LogP contribution in [0, 0.1) is 6.92 Å². The summed E-state index contributed by atoms with van der Waals surface area (Å²) in [5, 5.41) is 0. The van der Waals surface area contributed by atoms with E-state index in [1.54, 1.807) is 12.1 Å². The van der Waals surface area contributed by atoms with Crippen molar-refractivity contribution in [2.45, 2.75) is 17.9 Å². The van der Waals surface area contributed by atoms with E-state index in [1.807, 2.05) is 6.92 Å². The topological polar surface area (TPSA) is 0 Å². The molecule has 0 amide bonds. The summed E-state index contributed by atoms with van der Waals surface area (Å²) in [6, 6.07) is 6.27. The van der Waals surface area contributed by atoms with Crippen molar-refractivity contribution in [1.29, 1.82) is 0 Å². The molecule has 0 aliphatic heterocycles. The van der Waals surface area contributed by atoms with Crippen molar-refractivity contribution >= 4 is 15.9 Å². The van der Waals surface area contributed by atoms with Gasteiger partial charge in [0.15, 0.2) is 0 Å². The number of alkyl halides is 4. The largest absolute Gasteiger partial charge is 0.405 e. The number of hydrogen-bond acceptors (Lipinski definition) is 0. The molecule has 0 fully saturated rings. The Bertz CT molecular complexity index is 276. The average molecular weight is 253 g/mol. The highest BCUT2D eigenvalue weighted by Crippen LogP contribution is 2.39. The lowest BCUT2D eigenvalue weighted by Crippen LogP contribution is -2.14. The van der Waals surface area contributed by atoms with E-state index in [0.29, 0.717) is 0 Å². The SMILES string of the molecule is Cc1ccc(C(Br)C(F)(F)F)cc1. The second-order valence-electron chi connectivity index (χ2n) is 2.81. The molecule has 0 aliphatic rings. The zero-order valence-corrected chi connectivity index (χ0v) is 8.48. The van der Waals surface area contributed by atoms with Crippen LogP contribution in [0.15, 0.2) is 24.3 Å². The molecule has 1 aromatic rings. The fourth-order valence-electron chi connectivity index (χ4n) is 0.924. The number of benzene rings is 1. The fraction of sp³-hybridized carbons (Fsp3) is 0.333. The first-order chi connectivity index (χ1) is 5.91. The highest BCUT2D eigenvalue weighted by atomic mass is 79.9. The van der Waals surface area contributed by atoms with Gasteiger partial charge in [0.25, 0.3) is 0 Å². The summed E-state index contributed by atoms with van der Waals surface area (Å²) in [4.78, 5) is -1.57. The van der Waals surface area contributed by atoms with Gasteiger partial charge in [0, 0.05) is 0 Å². The lowest BCUT2D eigenvalue weighted by atomic mass is 10.1. The Morgan fingerprint density at radius 1 is 1.15 bits per heavy atom. The molecular weight excluding hydrogens is 245 g/mol. The average Bonchev–Trinajstić information content (AvgIpc) is 2.03. The molecule has 0 aliphatic carbocycles. The maximum atomic E-state index is 12.2. The summed E-state index contributed by atoms with van der Waals surface area (Å²) in [7, 11) is 0. The van der Waals surface area contributed by atoms with Crippen LogP contribution in [0.3, 0.4) is 0 Å². The lowest BCUT2D eigenvalue weighted by molar-refractivity contribution is -0.128. The van der Waals surface area contributed by atoms with Crippen LogP contribution in [0.25, 0.3) is 0 Å². The van der Waals surface area contributed by atoms with Gasteiger partial charge in [0.05, 0.1) is 0 Å². The van der Waals surface area contributed by atoms with E-state index < -0.39 is 11.0 Å². The molecule has 0 bridgehead atoms. The highest BCUT2D eigenvalue weighted by Gasteiger charge is 2.38. The Morgan fingerprint density at radius 3 is 2.00 bits per heavy atom. The summed E-state index contributed by atoms with van der Waals surface area (Å²) in [6.07, 6.45) is -4.23. The van der Waals surface area contributed by atoms with Crippen LogP contribution in [-0.2, 0) is 0 Å². The zero-order valence-electron chi connectivity index (χ0n) is 6.90. The first-order valence-corrected chi connectivity index (χ1v) is 4.60. The van der Waals surface area contributed by atoms with Crippen LogP contribution in [-0.4, -0.2) is 6.18 Å². The zero-order chi connectivity index (χ0) is 10.1. The molecule has 0 N–H and O–H groups in total. The Balaban J connectivity index is 2.90. The van der Waals surface area contributed by atoms with Crippen LogP contribution in [0.2, 0.25) is 0 Å². The first-order valence-electron chi connectivity index (χ1n) is 3.68. The Hall–Kier alpha value is -0.510. The third-order valence-electron chi connectivity index (χ3n) is 1.66. The minimum Gasteiger partial charge on any atom is -0.169 e. The van der Waals surface area contributed by atoms with Crippen molar-refractivity contribution in [2.24, 2.45) is 0 Å². The molecular formula is C9H8BrF3. The molecule has 1 atom stereocenters. The van der Waals surface area contributed by atoms with Gasteiger partial charge in [-0.25, -0.2) is 0 Å². The summed E-state index contributed by atoms with van der Waals surface area (Å²) < 4.78 is 36.6. The van der Waals surface area contributed by atoms with Crippen LogP contribution < -0.4 is 0 Å². The van der Waals surface area contributed by atoms with E-state index in [1.165, 1.54) is 12.1 Å². The summed E-state index contributed by atoms with van der Waals surface area (Å²) in [5.74, 6) is 0. The predicted octanol–water partition coefficient (Wildman–Crippen LogP) is 3.99. The third-order valence-corrected chi connectivity index (χ3v) is 2.71. The van der Waals surface area contributed by atoms with Crippen LogP contribution in [0.5, 0.6) is 0 Å². The molecule has 13 heavy (non-hydrogen) atoms. The van der Waals surface area contributed by atoms with Gasteiger partial charge >= 0.3 is 6.18 Å². The molecule has 0 nitrogen and oxygen atoms in total. The fourth-order valence-corrected chi connectivity index (χ4v) is 1.23. The van der Waals surface area contributed by atoms with Gasteiger partial charge < -0.3 is 0 Å². The van der Waals surface area contributed by atoms with Gasteiger partial charge in [-0.3, -0.25) is 0 Å². The van der Waals surface area contributed by atoms with Gasteiger partial charge in [-0.1, -0.05) is 45.8 Å². The number of rotatable bonds is 1. The minimum atomic E-state index is -4.23. The standard InChI is InChI=1S/C9H8BrF3/c1-6-2-4-7(5-3-6)8(10)9(11,12)13/h2-5,8H,1H3. The van der Waals surface area contributed by atoms with E-state index in [-0.39, 0.29) is 5.56 Å². The second kappa shape index (κ2) is 3.70. The van der Waals surface area contributed by atoms with Crippen LogP contribution in [0.1, 0.15) is 16.0 Å². The number of aryl methyl sites for hydroxylation is 1. The minimum absolute atomic E-state index is 0.234. The molecule has 0 spiro atoms. The maximum absolute atomic E-state index is 12.2. The van der Waals surface area contributed by atoms with E-state index in [4.69, 9.17) is 0 Å². The van der Waals surface area contributed by atoms with Gasteiger partial charge in [-0.15, -0.1) is 0 Å². The van der Waals surface area contributed by atoms with Gasteiger partial charge in [-0.05, 0) is 12.5 Å². The number of halogens is 4. The maximum Gasteiger partial charge on any atom is 0.405 e. The monoisotopic (exact) mass is 252 g/mol. The van der Waals surface area contributed by atoms with Gasteiger partial charge in [0.1, 0.15) is 4.83 Å². The molecule has 72 valence electrons. The summed E-state index contributed by atoms with van der Waals surface area (Å²) >= 11 is 2.61. The van der Waals surface area contributed by atoms with E-state index in [2.05, 4.69) is 15.9 Å². The molecule has 1 aromatic carbocycles. The molecule has 0 saturated heterocycles. The van der Waals surface area contributed by atoms with Crippen molar-refractivity contribution in [3.8, 4) is 0 Å². The van der Waals surface area contributed by atoms with Gasteiger partial charge in [0.2, 0.25) is 0 Å². The van der Waals surface area contributed by atoms with Crippen molar-refractivity contribution in [2.75, 3.05) is 0 Å². The van der Waals surface area contributed by atoms with E-state index in [0.717, 1.165) is 5.56 Å². The summed E-state index contributed by atoms with van der Waals surface area (Å²) in [5.41, 5.74) is 1.18. The molecule has 0 saturated carbocycles. The first kappa shape index (κ1) is 10.6. The van der Waals surface area contributed by atoms with Crippen molar-refractivity contribution in [3.63, 3.8) is 0 Å². The van der Waals surface area contributed by atoms with Crippen LogP contribution in [0.4, 0.5) is 13.2 Å². The van der Waals surface area contributed by atoms with Gasteiger partial charge in [-0.2, -0.15) is 13.2 Å². The lowest BCUT2D eigenvalue weighted by Gasteiger charge is -2.13.